The van der Waals surface area contributed by atoms with E-state index in [-0.39, 0.29) is 11.8 Å². The Morgan fingerprint density at radius 1 is 0.460 bits per heavy atom. The van der Waals surface area contributed by atoms with E-state index in [4.69, 9.17) is 0 Å². The van der Waals surface area contributed by atoms with Gasteiger partial charge in [-0.1, -0.05) is 127 Å². The van der Waals surface area contributed by atoms with Gasteiger partial charge in [0.15, 0.2) is 0 Å². The minimum Gasteiger partial charge on any atom is -0.308 e. The fourth-order valence-electron chi connectivity index (χ4n) is 7.42. The van der Waals surface area contributed by atoms with Gasteiger partial charge in [-0.15, -0.1) is 0 Å². The Kier molecular flexibility index (Phi) is 6.75. The minimum atomic E-state index is -0.377. The average Bonchev–Trinajstić information content (AvgIpc) is 3.65. The van der Waals surface area contributed by atoms with Crippen LogP contribution in [0.2, 0.25) is 0 Å². The molecule has 2 amide bonds. The molecule has 1 aliphatic rings. The molecule has 9 rings (SSSR count). The van der Waals surface area contributed by atoms with Crippen LogP contribution in [0.1, 0.15) is 26.3 Å². The number of carbonyl (C=O) groups excluding carboxylic acids is 2. The highest BCUT2D eigenvalue weighted by molar-refractivity contribution is 6.37. The van der Waals surface area contributed by atoms with E-state index in [9.17, 15) is 14.9 Å². The van der Waals surface area contributed by atoms with E-state index in [2.05, 4.69) is 22.8 Å². The van der Waals surface area contributed by atoms with Crippen LogP contribution in [0.25, 0.3) is 60.9 Å². The Bertz CT molecular complexity index is 2700. The first-order valence-corrected chi connectivity index (χ1v) is 16.4. The Labute approximate surface area is 288 Å². The van der Waals surface area contributed by atoms with Crippen LogP contribution in [0.15, 0.2) is 164 Å². The van der Waals surface area contributed by atoms with Crippen molar-refractivity contribution in [1.29, 1.82) is 5.26 Å². The summed E-state index contributed by atoms with van der Waals surface area (Å²) in [7, 11) is 0. The minimum absolute atomic E-state index is 0.352. The summed E-state index contributed by atoms with van der Waals surface area (Å²) in [5.41, 5.74) is 9.68. The summed E-state index contributed by atoms with van der Waals surface area (Å²) in [6.45, 7) is 0. The smallest absolute Gasteiger partial charge is 0.268 e. The zero-order valence-corrected chi connectivity index (χ0v) is 26.7. The summed E-state index contributed by atoms with van der Waals surface area (Å²) in [6, 6.07) is 55.3. The number of fused-ring (bicyclic) bond motifs is 4. The van der Waals surface area contributed by atoms with Gasteiger partial charge in [0, 0.05) is 21.9 Å². The Morgan fingerprint density at radius 2 is 1.06 bits per heavy atom. The van der Waals surface area contributed by atoms with Gasteiger partial charge >= 0.3 is 0 Å². The predicted molar refractivity (Wildman–Crippen MR) is 199 cm³/mol. The quantitative estimate of drug-likeness (QED) is 0.176. The highest BCUT2D eigenvalue weighted by Gasteiger charge is 2.41. The molecule has 0 unspecified atom stereocenters. The van der Waals surface area contributed by atoms with Crippen molar-refractivity contribution in [2.45, 2.75) is 0 Å². The number of para-hydroxylation sites is 2. The number of imide groups is 1. The lowest BCUT2D eigenvalue weighted by molar-refractivity contribution is 0.0926. The van der Waals surface area contributed by atoms with Crippen molar-refractivity contribution in [3.63, 3.8) is 0 Å². The number of hydrogen-bond acceptors (Lipinski definition) is 3. The van der Waals surface area contributed by atoms with Crippen LogP contribution in [0.5, 0.6) is 0 Å². The summed E-state index contributed by atoms with van der Waals surface area (Å²) >= 11 is 0. The van der Waals surface area contributed by atoms with Crippen LogP contribution in [0, 0.1) is 11.3 Å². The van der Waals surface area contributed by atoms with E-state index in [1.807, 2.05) is 140 Å². The summed E-state index contributed by atoms with van der Waals surface area (Å²) in [5.74, 6) is -0.741. The summed E-state index contributed by atoms with van der Waals surface area (Å²) in [4.78, 5) is 30.8. The first-order valence-electron chi connectivity index (χ1n) is 16.4. The number of nitrogens with zero attached hydrogens (tertiary/aromatic N) is 3. The van der Waals surface area contributed by atoms with Crippen molar-refractivity contribution in [2.24, 2.45) is 0 Å². The van der Waals surface area contributed by atoms with Crippen molar-refractivity contribution in [1.82, 2.24) is 4.57 Å². The third kappa shape index (κ3) is 4.40. The van der Waals surface area contributed by atoms with Crippen molar-refractivity contribution in [2.75, 3.05) is 4.90 Å². The molecule has 234 valence electrons. The fourth-order valence-corrected chi connectivity index (χ4v) is 7.42. The molecule has 50 heavy (non-hydrogen) atoms. The Balaban J connectivity index is 1.30. The molecular formula is C45H27N3O2. The van der Waals surface area contributed by atoms with Gasteiger partial charge in [0.2, 0.25) is 0 Å². The Hall–Kier alpha value is -7.03. The molecule has 0 aliphatic carbocycles. The first kappa shape index (κ1) is 29.1. The van der Waals surface area contributed by atoms with Crippen molar-refractivity contribution in [3.05, 3.63) is 180 Å². The molecule has 1 aromatic heterocycles. The van der Waals surface area contributed by atoms with Gasteiger partial charge in [-0.25, -0.2) is 4.90 Å². The largest absolute Gasteiger partial charge is 0.308 e. The highest BCUT2D eigenvalue weighted by Crippen LogP contribution is 2.45. The van der Waals surface area contributed by atoms with Crippen LogP contribution in [0.3, 0.4) is 0 Å². The van der Waals surface area contributed by atoms with Gasteiger partial charge in [0.05, 0.1) is 45.2 Å². The topological polar surface area (TPSA) is 66.1 Å². The molecule has 0 radical (unpaired) electrons. The summed E-state index contributed by atoms with van der Waals surface area (Å²) in [6.07, 6.45) is 0. The van der Waals surface area contributed by atoms with Crippen LogP contribution < -0.4 is 4.90 Å². The number of nitriles is 1. The lowest BCUT2D eigenvalue weighted by atomic mass is 9.92. The third-order valence-corrected chi connectivity index (χ3v) is 9.56. The molecule has 0 spiro atoms. The molecule has 0 saturated carbocycles. The highest BCUT2D eigenvalue weighted by atomic mass is 16.2. The van der Waals surface area contributed by atoms with E-state index in [1.165, 1.54) is 4.90 Å². The maximum Gasteiger partial charge on any atom is 0.268 e. The first-order chi connectivity index (χ1) is 24.6. The van der Waals surface area contributed by atoms with E-state index in [0.29, 0.717) is 28.1 Å². The van der Waals surface area contributed by atoms with Crippen LogP contribution >= 0.6 is 0 Å². The maximum atomic E-state index is 14.9. The number of hydrogen-bond donors (Lipinski definition) is 0. The van der Waals surface area contributed by atoms with Crippen LogP contribution in [0.4, 0.5) is 5.69 Å². The van der Waals surface area contributed by atoms with Gasteiger partial charge in [0.25, 0.3) is 11.8 Å². The second kappa shape index (κ2) is 11.6. The van der Waals surface area contributed by atoms with E-state index in [1.54, 1.807) is 12.1 Å². The fraction of sp³-hybridized carbons (Fsp3) is 0. The monoisotopic (exact) mass is 641 g/mol. The zero-order chi connectivity index (χ0) is 33.8. The molecule has 2 heterocycles. The lowest BCUT2D eigenvalue weighted by Crippen LogP contribution is -2.30. The van der Waals surface area contributed by atoms with Crippen molar-refractivity contribution in [3.8, 4) is 45.1 Å². The van der Waals surface area contributed by atoms with Gasteiger partial charge in [-0.05, 0) is 58.7 Å². The second-order valence-corrected chi connectivity index (χ2v) is 12.3. The number of carbonyl (C=O) groups is 2. The molecule has 1 aliphatic heterocycles. The molecular weight excluding hydrogens is 615 g/mol. The maximum absolute atomic E-state index is 14.9. The lowest BCUT2D eigenvalue weighted by Gasteiger charge is -2.22. The molecule has 7 aromatic carbocycles. The zero-order valence-electron chi connectivity index (χ0n) is 26.7. The number of rotatable bonds is 5. The van der Waals surface area contributed by atoms with E-state index < -0.39 is 0 Å². The molecule has 5 nitrogen and oxygen atoms in total. The van der Waals surface area contributed by atoms with Crippen molar-refractivity contribution < 1.29 is 9.59 Å². The van der Waals surface area contributed by atoms with E-state index in [0.717, 1.165) is 55.2 Å². The number of aromatic nitrogens is 1. The number of anilines is 1. The van der Waals surface area contributed by atoms with Crippen LogP contribution in [-0.4, -0.2) is 16.4 Å². The van der Waals surface area contributed by atoms with Gasteiger partial charge in [0.1, 0.15) is 0 Å². The van der Waals surface area contributed by atoms with Crippen molar-refractivity contribution >= 4 is 39.3 Å². The predicted octanol–water partition coefficient (Wildman–Crippen LogP) is 10.5. The van der Waals surface area contributed by atoms with Crippen LogP contribution in [-0.2, 0) is 0 Å². The molecule has 0 saturated heterocycles. The standard InChI is InChI=1S/C45H27N3O2/c46-28-29-13-9-18-32(27-29)34-21-10-22-36-35-19-7-8-24-38(35)47(43(34)36)40-26-12-23-37-42(40)45(50)48(44(37)49)39-25-11-20-33(30-14-3-1-4-15-30)41(39)31-16-5-2-6-17-31/h1-27H. The summed E-state index contributed by atoms with van der Waals surface area (Å²) in [5, 5.41) is 11.7. The summed E-state index contributed by atoms with van der Waals surface area (Å²) < 4.78 is 2.10. The Morgan fingerprint density at radius 3 is 1.84 bits per heavy atom. The molecule has 0 atom stereocenters. The van der Waals surface area contributed by atoms with Gasteiger partial charge in [-0.2, -0.15) is 5.26 Å². The average molecular weight is 642 g/mol. The van der Waals surface area contributed by atoms with Gasteiger partial charge in [-0.3, -0.25) is 9.59 Å². The molecule has 5 heteroatoms. The number of benzene rings is 7. The van der Waals surface area contributed by atoms with Gasteiger partial charge < -0.3 is 4.57 Å². The normalized spacial score (nSPS) is 12.4. The molecule has 0 fully saturated rings. The molecule has 8 aromatic rings. The molecule has 0 bridgehead atoms. The molecule has 0 N–H and O–H groups in total. The third-order valence-electron chi connectivity index (χ3n) is 9.56. The second-order valence-electron chi connectivity index (χ2n) is 12.3. The SMILES string of the molecule is N#Cc1cccc(-c2cccc3c4ccccc4n(-c4cccc5c4C(=O)N(c4cccc(-c6ccccc6)c4-c4ccccc4)C5=O)c23)c1. The van der Waals surface area contributed by atoms with E-state index >= 15 is 0 Å². The number of amides is 2.